The van der Waals surface area contributed by atoms with Gasteiger partial charge in [-0.1, -0.05) is 12.1 Å². The minimum absolute atomic E-state index is 0.0564. The van der Waals surface area contributed by atoms with Crippen LogP contribution < -0.4 is 0 Å². The van der Waals surface area contributed by atoms with E-state index in [0.717, 1.165) is 12.0 Å². The SMILES string of the molecule is CC1CN(S(=O)(=O)c2ccc(CCCl)cc2)CCO1. The van der Waals surface area contributed by atoms with Crippen molar-refractivity contribution >= 4 is 21.6 Å². The molecule has 1 atom stereocenters. The fourth-order valence-corrected chi connectivity index (χ4v) is 3.81. The van der Waals surface area contributed by atoms with Gasteiger partial charge in [-0.3, -0.25) is 0 Å². The number of halogens is 1. The second kappa shape index (κ2) is 6.22. The quantitative estimate of drug-likeness (QED) is 0.798. The number of morpholine rings is 1. The van der Waals surface area contributed by atoms with E-state index >= 15 is 0 Å². The Morgan fingerprint density at radius 3 is 2.63 bits per heavy atom. The molecular formula is C13H18ClNO3S. The molecule has 1 saturated heterocycles. The Hall–Kier alpha value is -0.620. The summed E-state index contributed by atoms with van der Waals surface area (Å²) in [6.45, 7) is 3.15. The van der Waals surface area contributed by atoms with E-state index in [9.17, 15) is 8.42 Å². The predicted octanol–water partition coefficient (Wildman–Crippen LogP) is 1.88. The minimum atomic E-state index is -3.41. The standard InChI is InChI=1S/C13H18ClNO3S/c1-11-10-15(8-9-18-11)19(16,17)13-4-2-12(3-5-13)6-7-14/h2-5,11H,6-10H2,1H3. The van der Waals surface area contributed by atoms with Gasteiger partial charge >= 0.3 is 0 Å². The van der Waals surface area contributed by atoms with Crippen LogP contribution >= 0.6 is 11.6 Å². The van der Waals surface area contributed by atoms with Gasteiger partial charge in [-0.15, -0.1) is 11.6 Å². The molecule has 0 saturated carbocycles. The molecule has 1 aromatic carbocycles. The summed E-state index contributed by atoms with van der Waals surface area (Å²) in [5, 5.41) is 0. The van der Waals surface area contributed by atoms with Gasteiger partial charge in [0.2, 0.25) is 10.0 Å². The lowest BCUT2D eigenvalue weighted by Crippen LogP contribution is -2.44. The van der Waals surface area contributed by atoms with Crippen LogP contribution in [0.25, 0.3) is 0 Å². The van der Waals surface area contributed by atoms with Gasteiger partial charge in [0.05, 0.1) is 17.6 Å². The molecule has 0 aromatic heterocycles. The first-order valence-corrected chi connectivity index (χ1v) is 8.28. The zero-order valence-corrected chi connectivity index (χ0v) is 12.5. The molecule has 0 amide bonds. The fraction of sp³-hybridized carbons (Fsp3) is 0.538. The molecule has 0 N–H and O–H groups in total. The maximum atomic E-state index is 12.4. The van der Waals surface area contributed by atoms with Crippen LogP contribution in [0.1, 0.15) is 12.5 Å². The van der Waals surface area contributed by atoms with Gasteiger partial charge in [-0.2, -0.15) is 4.31 Å². The zero-order chi connectivity index (χ0) is 13.9. The Morgan fingerprint density at radius 1 is 1.37 bits per heavy atom. The van der Waals surface area contributed by atoms with Crippen LogP contribution in [0.3, 0.4) is 0 Å². The highest BCUT2D eigenvalue weighted by atomic mass is 35.5. The maximum absolute atomic E-state index is 12.4. The second-order valence-corrected chi connectivity index (χ2v) is 6.94. The lowest BCUT2D eigenvalue weighted by Gasteiger charge is -2.30. The van der Waals surface area contributed by atoms with Gasteiger partial charge < -0.3 is 4.74 Å². The number of alkyl halides is 1. The summed E-state index contributed by atoms with van der Waals surface area (Å²) in [6, 6.07) is 6.94. The zero-order valence-electron chi connectivity index (χ0n) is 10.9. The number of benzene rings is 1. The Morgan fingerprint density at radius 2 is 2.05 bits per heavy atom. The monoisotopic (exact) mass is 303 g/mol. The summed E-state index contributed by atoms with van der Waals surface area (Å²) in [4.78, 5) is 0.333. The number of hydrogen-bond donors (Lipinski definition) is 0. The van der Waals surface area contributed by atoms with Gasteiger partial charge in [-0.05, 0) is 31.0 Å². The van der Waals surface area contributed by atoms with Gasteiger partial charge in [0.15, 0.2) is 0 Å². The number of hydrogen-bond acceptors (Lipinski definition) is 3. The molecule has 19 heavy (non-hydrogen) atoms. The van der Waals surface area contributed by atoms with Gasteiger partial charge in [-0.25, -0.2) is 8.42 Å². The number of nitrogens with zero attached hydrogens (tertiary/aromatic N) is 1. The van der Waals surface area contributed by atoms with Crippen molar-refractivity contribution in [3.63, 3.8) is 0 Å². The van der Waals surface area contributed by atoms with Crippen molar-refractivity contribution in [3.8, 4) is 0 Å². The van der Waals surface area contributed by atoms with E-state index in [4.69, 9.17) is 16.3 Å². The molecule has 1 aliphatic heterocycles. The third kappa shape index (κ3) is 3.48. The highest BCUT2D eigenvalue weighted by molar-refractivity contribution is 7.89. The van der Waals surface area contributed by atoms with Crippen LogP contribution in [0.4, 0.5) is 0 Å². The van der Waals surface area contributed by atoms with Gasteiger partial charge in [0.1, 0.15) is 0 Å². The van der Waals surface area contributed by atoms with E-state index in [1.165, 1.54) is 4.31 Å². The van der Waals surface area contributed by atoms with Crippen molar-refractivity contribution in [3.05, 3.63) is 29.8 Å². The van der Waals surface area contributed by atoms with Crippen molar-refractivity contribution in [1.29, 1.82) is 0 Å². The third-order valence-electron chi connectivity index (χ3n) is 3.15. The third-order valence-corrected chi connectivity index (χ3v) is 5.22. The van der Waals surface area contributed by atoms with E-state index in [1.54, 1.807) is 12.1 Å². The molecule has 4 nitrogen and oxygen atoms in total. The first-order chi connectivity index (χ1) is 9.04. The van der Waals surface area contributed by atoms with Crippen molar-refractivity contribution in [1.82, 2.24) is 4.31 Å². The predicted molar refractivity (Wildman–Crippen MR) is 75.0 cm³/mol. The number of rotatable bonds is 4. The van der Waals surface area contributed by atoms with Crippen LogP contribution in [-0.4, -0.2) is 44.4 Å². The van der Waals surface area contributed by atoms with Crippen LogP contribution in [0.15, 0.2) is 29.2 Å². The molecule has 1 unspecified atom stereocenters. The van der Waals surface area contributed by atoms with Crippen molar-refractivity contribution < 1.29 is 13.2 Å². The lowest BCUT2D eigenvalue weighted by molar-refractivity contribution is 0.0102. The molecule has 0 radical (unpaired) electrons. The highest BCUT2D eigenvalue weighted by Crippen LogP contribution is 2.19. The smallest absolute Gasteiger partial charge is 0.243 e. The summed E-state index contributed by atoms with van der Waals surface area (Å²) >= 11 is 5.66. The summed E-state index contributed by atoms with van der Waals surface area (Å²) < 4.78 is 31.7. The lowest BCUT2D eigenvalue weighted by atomic mass is 10.2. The maximum Gasteiger partial charge on any atom is 0.243 e. The Kier molecular flexibility index (Phi) is 4.84. The van der Waals surface area contributed by atoms with E-state index < -0.39 is 10.0 Å². The van der Waals surface area contributed by atoms with Crippen LogP contribution in [0, 0.1) is 0 Å². The normalized spacial score (nSPS) is 21.5. The van der Waals surface area contributed by atoms with Crippen LogP contribution in [0.5, 0.6) is 0 Å². The summed E-state index contributed by atoms with van der Waals surface area (Å²) in [5.74, 6) is 0.535. The largest absolute Gasteiger partial charge is 0.376 e. The molecule has 0 spiro atoms. The van der Waals surface area contributed by atoms with Gasteiger partial charge in [0, 0.05) is 19.0 Å². The molecule has 1 heterocycles. The van der Waals surface area contributed by atoms with E-state index in [0.29, 0.717) is 30.5 Å². The fourth-order valence-electron chi connectivity index (χ4n) is 2.09. The van der Waals surface area contributed by atoms with Crippen molar-refractivity contribution in [2.24, 2.45) is 0 Å². The van der Waals surface area contributed by atoms with E-state index in [2.05, 4.69) is 0 Å². The summed E-state index contributed by atoms with van der Waals surface area (Å²) in [6.07, 6.45) is 0.690. The number of sulfonamides is 1. The van der Waals surface area contributed by atoms with Crippen molar-refractivity contribution in [2.75, 3.05) is 25.6 Å². The number of ether oxygens (including phenoxy) is 1. The molecule has 6 heteroatoms. The highest BCUT2D eigenvalue weighted by Gasteiger charge is 2.28. The first kappa shape index (κ1) is 14.8. The van der Waals surface area contributed by atoms with Crippen LogP contribution in [0.2, 0.25) is 0 Å². The topological polar surface area (TPSA) is 46.6 Å². The molecule has 2 rings (SSSR count). The Bertz CT molecular complexity index is 515. The first-order valence-electron chi connectivity index (χ1n) is 6.30. The number of aryl methyl sites for hydroxylation is 1. The second-order valence-electron chi connectivity index (χ2n) is 4.63. The van der Waals surface area contributed by atoms with Crippen molar-refractivity contribution in [2.45, 2.75) is 24.3 Å². The Labute approximate surface area is 119 Å². The molecule has 106 valence electrons. The Balaban J connectivity index is 2.18. The summed E-state index contributed by atoms with van der Waals surface area (Å²) in [7, 11) is -3.41. The molecule has 1 aliphatic rings. The molecule has 1 fully saturated rings. The molecule has 1 aromatic rings. The van der Waals surface area contributed by atoms with E-state index in [-0.39, 0.29) is 6.10 Å². The molecule has 0 bridgehead atoms. The molecule has 0 aliphatic carbocycles. The van der Waals surface area contributed by atoms with Crippen LogP contribution in [-0.2, 0) is 21.2 Å². The summed E-state index contributed by atoms with van der Waals surface area (Å²) in [5.41, 5.74) is 1.05. The van der Waals surface area contributed by atoms with E-state index in [1.807, 2.05) is 19.1 Å². The average Bonchev–Trinajstić information content (AvgIpc) is 2.40. The average molecular weight is 304 g/mol. The van der Waals surface area contributed by atoms with Gasteiger partial charge in [0.25, 0.3) is 0 Å². The minimum Gasteiger partial charge on any atom is -0.376 e. The molecular weight excluding hydrogens is 286 g/mol.